The molecule has 1 saturated heterocycles. The summed E-state index contributed by atoms with van der Waals surface area (Å²) in [5.74, 6) is -4.22. The van der Waals surface area contributed by atoms with Crippen molar-refractivity contribution in [3.63, 3.8) is 0 Å². The van der Waals surface area contributed by atoms with Crippen molar-refractivity contribution >= 4 is 33.2 Å². The number of benzene rings is 2. The van der Waals surface area contributed by atoms with Crippen molar-refractivity contribution in [3.05, 3.63) is 111 Å². The molecule has 1 N–H and O–H groups in total. The molecule has 1 fully saturated rings. The molecule has 22 heteroatoms. The normalized spacial score (nSPS) is 15.6. The first-order valence-corrected chi connectivity index (χ1v) is 16.9. The van der Waals surface area contributed by atoms with E-state index in [1.807, 2.05) is 0 Å². The largest absolute Gasteiger partial charge is 0.573 e. The van der Waals surface area contributed by atoms with Gasteiger partial charge < -0.3 is 29.0 Å². The van der Waals surface area contributed by atoms with Crippen molar-refractivity contribution in [2.24, 2.45) is 0 Å². The summed E-state index contributed by atoms with van der Waals surface area (Å²) >= 11 is 9.30. The van der Waals surface area contributed by atoms with Gasteiger partial charge >= 0.3 is 12.7 Å². The number of alkyl halides is 7. The molecule has 0 aliphatic carbocycles. The molecule has 1 aliphatic heterocycles. The predicted octanol–water partition coefficient (Wildman–Crippen LogP) is 9.72. The van der Waals surface area contributed by atoms with Gasteiger partial charge in [-0.3, -0.25) is 4.79 Å². The van der Waals surface area contributed by atoms with Gasteiger partial charge in [-0.25, -0.2) is 23.1 Å². The second kappa shape index (κ2) is 17.7. The Morgan fingerprint density at radius 3 is 1.88 bits per heavy atom. The molecule has 1 atom stereocenters. The molecule has 6 rings (SSSR count). The third-order valence-corrected chi connectivity index (χ3v) is 7.98. The lowest BCUT2D eigenvalue weighted by Gasteiger charge is -2.29. The quantitative estimate of drug-likeness (QED) is 0.136. The fourth-order valence-corrected chi connectivity index (χ4v) is 5.13. The van der Waals surface area contributed by atoms with E-state index in [0.717, 1.165) is 41.2 Å². The number of aromatic nitrogens is 4. The van der Waals surface area contributed by atoms with Crippen molar-refractivity contribution in [3.8, 4) is 40.4 Å². The van der Waals surface area contributed by atoms with E-state index in [2.05, 4.69) is 45.8 Å². The average Bonchev–Trinajstić information content (AvgIpc) is 3.12. The van der Waals surface area contributed by atoms with E-state index in [0.29, 0.717) is 30.0 Å². The minimum atomic E-state index is -5.02. The van der Waals surface area contributed by atoms with Gasteiger partial charge in [0.05, 0.1) is 36.9 Å². The number of pyridine rings is 2. The fraction of sp³-hybridized carbons (Fsp3) is 0.235. The highest BCUT2D eigenvalue weighted by atomic mass is 79.9. The topological polar surface area (TPSA) is 119 Å². The minimum absolute atomic E-state index is 0.00539. The minimum Gasteiger partial charge on any atom is -0.435 e. The number of hydrogen-bond donors (Lipinski definition) is 1. The van der Waals surface area contributed by atoms with Gasteiger partial charge in [0.25, 0.3) is 5.56 Å². The first-order valence-electron chi connectivity index (χ1n) is 15.7. The highest BCUT2D eigenvalue weighted by Gasteiger charge is 2.34. The molecule has 5 aromatic rings. The van der Waals surface area contributed by atoms with Gasteiger partial charge in [-0.05, 0) is 65.2 Å². The standard InChI is InChI=1S/C22H18ClF5N4O4.C12H6BrF4NO2/c23-19-15(30-11-21(25)6-1-7-34-12-21)10-31-32(20(19)33)14-3-5-18(29-9-14)35-17-8-13(24)2-4-16(17)36-22(26,27)28;13-7-1-4-11(18-6-7)19-10-5-8(14)2-3-9(10)20-12(15,16)17/h2-5,8-10,30H,1,6-7,11-12H2;1-6H/t21-;/m0./s1. The van der Waals surface area contributed by atoms with Gasteiger partial charge in [-0.1, -0.05) is 11.6 Å². The van der Waals surface area contributed by atoms with Crippen molar-refractivity contribution < 1.29 is 63.2 Å². The number of nitrogens with one attached hydrogen (secondary N) is 1. The zero-order valence-corrected chi connectivity index (χ0v) is 30.3. The zero-order chi connectivity index (χ0) is 40.7. The van der Waals surface area contributed by atoms with E-state index >= 15 is 0 Å². The smallest absolute Gasteiger partial charge is 0.435 e. The summed E-state index contributed by atoms with van der Waals surface area (Å²) in [4.78, 5) is 20.4. The van der Waals surface area contributed by atoms with E-state index in [9.17, 15) is 44.3 Å². The molecule has 0 bridgehead atoms. The van der Waals surface area contributed by atoms with E-state index < -0.39 is 58.6 Å². The fourth-order valence-electron chi connectivity index (χ4n) is 4.70. The van der Waals surface area contributed by atoms with Crippen LogP contribution in [0, 0.1) is 11.6 Å². The van der Waals surface area contributed by atoms with Crippen LogP contribution in [-0.2, 0) is 4.74 Å². The molecule has 0 radical (unpaired) electrons. The van der Waals surface area contributed by atoms with E-state index in [-0.39, 0.29) is 41.3 Å². The summed E-state index contributed by atoms with van der Waals surface area (Å²) in [6.45, 7) is 0.305. The summed E-state index contributed by atoms with van der Waals surface area (Å²) in [6.07, 6.45) is -5.26. The lowest BCUT2D eigenvalue weighted by Crippen LogP contribution is -2.40. The molecule has 0 unspecified atom stereocenters. The Morgan fingerprint density at radius 2 is 1.39 bits per heavy atom. The summed E-state index contributed by atoms with van der Waals surface area (Å²) in [7, 11) is 0. The van der Waals surface area contributed by atoms with Crippen LogP contribution in [0.4, 0.5) is 45.2 Å². The second-order valence-electron chi connectivity index (χ2n) is 11.4. The molecule has 11 nitrogen and oxygen atoms in total. The van der Waals surface area contributed by atoms with Gasteiger partial charge in [0, 0.05) is 41.5 Å². The van der Waals surface area contributed by atoms with Crippen molar-refractivity contribution in [2.75, 3.05) is 25.1 Å². The summed E-state index contributed by atoms with van der Waals surface area (Å²) in [5, 5.41) is 6.55. The third-order valence-electron chi connectivity index (χ3n) is 7.15. The van der Waals surface area contributed by atoms with Gasteiger partial charge in [-0.2, -0.15) is 9.78 Å². The van der Waals surface area contributed by atoms with Crippen LogP contribution in [0.2, 0.25) is 5.02 Å². The van der Waals surface area contributed by atoms with Crippen molar-refractivity contribution in [1.82, 2.24) is 19.7 Å². The molecule has 0 spiro atoms. The number of halogens is 11. The monoisotopic (exact) mass is 883 g/mol. The van der Waals surface area contributed by atoms with Crippen molar-refractivity contribution in [1.29, 1.82) is 0 Å². The molecule has 56 heavy (non-hydrogen) atoms. The molecule has 1 aliphatic rings. The molecular weight excluding hydrogens is 861 g/mol. The van der Waals surface area contributed by atoms with Crippen molar-refractivity contribution in [2.45, 2.75) is 31.2 Å². The van der Waals surface area contributed by atoms with Crippen LogP contribution in [0.1, 0.15) is 12.8 Å². The SMILES string of the molecule is Fc1ccc(OC(F)(F)F)c(Oc2ccc(Br)cn2)c1.O=c1c(Cl)c(NC[C@@]2(F)CCCOC2)cnn1-c1ccc(Oc2cc(F)ccc2OC(F)(F)F)nc1. The first-order chi connectivity index (χ1) is 26.4. The Labute approximate surface area is 323 Å². The maximum atomic E-state index is 14.7. The maximum absolute atomic E-state index is 14.7. The number of anilines is 1. The molecule has 0 amide bonds. The van der Waals surface area contributed by atoms with Crippen LogP contribution in [0.5, 0.6) is 34.8 Å². The predicted molar refractivity (Wildman–Crippen MR) is 183 cm³/mol. The average molecular weight is 885 g/mol. The molecule has 0 saturated carbocycles. The number of hydrogen-bond acceptors (Lipinski definition) is 10. The molecule has 2 aromatic carbocycles. The lowest BCUT2D eigenvalue weighted by molar-refractivity contribution is -0.276. The zero-order valence-electron chi connectivity index (χ0n) is 27.9. The van der Waals surface area contributed by atoms with Crippen LogP contribution in [0.15, 0.2) is 88.5 Å². The Balaban J connectivity index is 0.000000253. The Morgan fingerprint density at radius 1 is 0.821 bits per heavy atom. The highest BCUT2D eigenvalue weighted by Crippen LogP contribution is 2.37. The van der Waals surface area contributed by atoms with Crippen LogP contribution < -0.4 is 29.8 Å². The van der Waals surface area contributed by atoms with Gasteiger partial charge in [0.1, 0.15) is 16.7 Å². The van der Waals surface area contributed by atoms with Gasteiger partial charge in [0.15, 0.2) is 28.7 Å². The Kier molecular flexibility index (Phi) is 13.2. The van der Waals surface area contributed by atoms with Crippen LogP contribution in [0.25, 0.3) is 5.69 Å². The summed E-state index contributed by atoms with van der Waals surface area (Å²) in [6, 6.07) is 10.2. The number of rotatable bonds is 10. The first kappa shape index (κ1) is 41.9. The van der Waals surface area contributed by atoms with Crippen LogP contribution in [0.3, 0.4) is 0 Å². The Bertz CT molecular complexity index is 2170. The number of nitrogens with zero attached hydrogens (tertiary/aromatic N) is 4. The Hall–Kier alpha value is -5.28. The van der Waals surface area contributed by atoms with Crippen LogP contribution in [-0.4, -0.2) is 57.9 Å². The summed E-state index contributed by atoms with van der Waals surface area (Å²) < 4.78 is 140. The molecule has 298 valence electrons. The number of ether oxygens (including phenoxy) is 5. The van der Waals surface area contributed by atoms with Crippen LogP contribution >= 0.6 is 27.5 Å². The second-order valence-corrected chi connectivity index (χ2v) is 12.7. The summed E-state index contributed by atoms with van der Waals surface area (Å²) in [5.41, 5.74) is -2.04. The van der Waals surface area contributed by atoms with Gasteiger partial charge in [-0.15, -0.1) is 26.3 Å². The van der Waals surface area contributed by atoms with E-state index in [4.69, 9.17) is 25.8 Å². The molecule has 4 heterocycles. The third kappa shape index (κ3) is 12.1. The van der Waals surface area contributed by atoms with E-state index in [1.54, 1.807) is 6.07 Å². The van der Waals surface area contributed by atoms with Gasteiger partial charge in [0.2, 0.25) is 11.8 Å². The lowest BCUT2D eigenvalue weighted by atomic mass is 9.99. The van der Waals surface area contributed by atoms with E-state index in [1.165, 1.54) is 30.6 Å². The highest BCUT2D eigenvalue weighted by molar-refractivity contribution is 9.10. The maximum Gasteiger partial charge on any atom is 0.573 e. The molecular formula is C34H24BrClF9N5O6. The molecule has 3 aromatic heterocycles.